The lowest BCUT2D eigenvalue weighted by Gasteiger charge is -2.37. The number of carbonyl (C=O) groups excluding carboxylic acids is 2. The number of piperidine rings is 1. The van der Waals surface area contributed by atoms with Crippen molar-refractivity contribution >= 4 is 23.6 Å². The SMILES string of the molecule is CCNC(=O)COC(c1cccc(Cl)c1)[C@@H]1CCCN(C(=O)OC(C)(C)C)C1. The summed E-state index contributed by atoms with van der Waals surface area (Å²) in [5.41, 5.74) is 0.373. The summed E-state index contributed by atoms with van der Waals surface area (Å²) in [5, 5.41) is 3.36. The minimum absolute atomic E-state index is 0.0338. The highest BCUT2D eigenvalue weighted by atomic mass is 35.5. The number of rotatable bonds is 6. The minimum atomic E-state index is -0.537. The maximum atomic E-state index is 12.5. The fraction of sp³-hybridized carbons (Fsp3) is 0.619. The lowest BCUT2D eigenvalue weighted by molar-refractivity contribution is -0.129. The van der Waals surface area contributed by atoms with Crippen molar-refractivity contribution in [1.29, 1.82) is 0 Å². The number of hydrogen-bond acceptors (Lipinski definition) is 4. The van der Waals surface area contributed by atoms with Crippen molar-refractivity contribution in [2.24, 2.45) is 5.92 Å². The lowest BCUT2D eigenvalue weighted by atomic mass is 9.88. The molecule has 1 N–H and O–H groups in total. The van der Waals surface area contributed by atoms with Crippen LogP contribution in [-0.2, 0) is 14.3 Å². The van der Waals surface area contributed by atoms with Crippen LogP contribution >= 0.6 is 11.6 Å². The number of amides is 2. The Labute approximate surface area is 172 Å². The van der Waals surface area contributed by atoms with Crippen molar-refractivity contribution in [1.82, 2.24) is 10.2 Å². The molecule has 2 atom stereocenters. The molecule has 7 heteroatoms. The summed E-state index contributed by atoms with van der Waals surface area (Å²) in [7, 11) is 0. The maximum absolute atomic E-state index is 12.5. The highest BCUT2D eigenvalue weighted by molar-refractivity contribution is 6.30. The van der Waals surface area contributed by atoms with E-state index < -0.39 is 5.60 Å². The molecule has 0 saturated carbocycles. The van der Waals surface area contributed by atoms with Crippen LogP contribution in [0.1, 0.15) is 52.2 Å². The molecule has 1 fully saturated rings. The number of likely N-dealkylation sites (tertiary alicyclic amines) is 1. The van der Waals surface area contributed by atoms with E-state index in [1.54, 1.807) is 11.0 Å². The van der Waals surface area contributed by atoms with E-state index in [1.165, 1.54) is 0 Å². The van der Waals surface area contributed by atoms with Crippen molar-refractivity contribution in [3.63, 3.8) is 0 Å². The first-order valence-electron chi connectivity index (χ1n) is 9.81. The van der Waals surface area contributed by atoms with Gasteiger partial charge < -0.3 is 19.7 Å². The molecule has 0 bridgehead atoms. The zero-order valence-corrected chi connectivity index (χ0v) is 17.9. The first kappa shape index (κ1) is 22.5. The lowest BCUT2D eigenvalue weighted by Crippen LogP contribution is -2.44. The molecule has 1 saturated heterocycles. The van der Waals surface area contributed by atoms with E-state index in [1.807, 2.05) is 45.9 Å². The van der Waals surface area contributed by atoms with Gasteiger partial charge in [-0.1, -0.05) is 23.7 Å². The Morgan fingerprint density at radius 1 is 1.36 bits per heavy atom. The van der Waals surface area contributed by atoms with E-state index in [-0.39, 0.29) is 30.6 Å². The summed E-state index contributed by atoms with van der Waals surface area (Å²) in [6.45, 7) is 9.13. The standard InChI is InChI=1S/C21H31ClN2O4/c1-5-23-18(25)14-27-19(15-8-6-10-17(22)12-15)16-9-7-11-24(13-16)20(26)28-21(2,3)4/h6,8,10,12,16,19H,5,7,9,11,13-14H2,1-4H3,(H,23,25)/t16-,19?/m1/s1. The molecule has 2 amide bonds. The van der Waals surface area contributed by atoms with Crippen LogP contribution in [0, 0.1) is 5.92 Å². The monoisotopic (exact) mass is 410 g/mol. The van der Waals surface area contributed by atoms with Crippen LogP contribution < -0.4 is 5.32 Å². The predicted octanol–water partition coefficient (Wildman–Crippen LogP) is 4.18. The molecule has 0 aliphatic carbocycles. The molecule has 0 aromatic heterocycles. The third kappa shape index (κ3) is 6.99. The molecule has 156 valence electrons. The highest BCUT2D eigenvalue weighted by Crippen LogP contribution is 2.34. The quantitative estimate of drug-likeness (QED) is 0.763. The van der Waals surface area contributed by atoms with Gasteiger partial charge in [-0.05, 0) is 58.2 Å². The van der Waals surface area contributed by atoms with Gasteiger partial charge in [-0.2, -0.15) is 0 Å². The predicted molar refractivity (Wildman–Crippen MR) is 109 cm³/mol. The first-order valence-corrected chi connectivity index (χ1v) is 10.2. The van der Waals surface area contributed by atoms with E-state index in [0.717, 1.165) is 18.4 Å². The summed E-state index contributed by atoms with van der Waals surface area (Å²) in [5.74, 6) is -0.108. The Kier molecular flexibility index (Phi) is 8.13. The Balaban J connectivity index is 2.14. The summed E-state index contributed by atoms with van der Waals surface area (Å²) in [6.07, 6.45) is 1.11. The fourth-order valence-electron chi connectivity index (χ4n) is 3.35. The molecule has 1 unspecified atom stereocenters. The van der Waals surface area contributed by atoms with Crippen molar-refractivity contribution in [2.75, 3.05) is 26.2 Å². The van der Waals surface area contributed by atoms with Crippen molar-refractivity contribution in [3.8, 4) is 0 Å². The number of nitrogens with zero attached hydrogens (tertiary/aromatic N) is 1. The average Bonchev–Trinajstić information content (AvgIpc) is 2.61. The molecule has 0 radical (unpaired) electrons. The Hall–Kier alpha value is -1.79. The maximum Gasteiger partial charge on any atom is 0.410 e. The van der Waals surface area contributed by atoms with Crippen LogP contribution in [0.15, 0.2) is 24.3 Å². The molecule has 6 nitrogen and oxygen atoms in total. The van der Waals surface area contributed by atoms with Gasteiger partial charge in [0.15, 0.2) is 0 Å². The smallest absolute Gasteiger partial charge is 0.410 e. The van der Waals surface area contributed by atoms with Gasteiger partial charge in [0, 0.05) is 30.6 Å². The summed E-state index contributed by atoms with van der Waals surface area (Å²) >= 11 is 6.17. The Morgan fingerprint density at radius 2 is 2.11 bits per heavy atom. The third-order valence-corrected chi connectivity index (χ3v) is 4.72. The second kappa shape index (κ2) is 10.1. The van der Waals surface area contributed by atoms with E-state index in [9.17, 15) is 9.59 Å². The summed E-state index contributed by atoms with van der Waals surface area (Å²) in [6, 6.07) is 7.48. The van der Waals surface area contributed by atoms with Crippen molar-refractivity contribution < 1.29 is 19.1 Å². The zero-order valence-electron chi connectivity index (χ0n) is 17.2. The molecular weight excluding hydrogens is 380 g/mol. The van der Waals surface area contributed by atoms with Gasteiger partial charge >= 0.3 is 6.09 Å². The minimum Gasteiger partial charge on any atom is -0.444 e. The van der Waals surface area contributed by atoms with Gasteiger partial charge in [0.25, 0.3) is 0 Å². The van der Waals surface area contributed by atoms with Crippen LogP contribution in [0.25, 0.3) is 0 Å². The van der Waals surface area contributed by atoms with Gasteiger partial charge in [0.2, 0.25) is 5.91 Å². The summed E-state index contributed by atoms with van der Waals surface area (Å²) in [4.78, 5) is 26.1. The average molecular weight is 411 g/mol. The van der Waals surface area contributed by atoms with E-state index in [0.29, 0.717) is 24.7 Å². The fourth-order valence-corrected chi connectivity index (χ4v) is 3.55. The molecule has 1 aromatic carbocycles. The van der Waals surface area contributed by atoms with Crippen LogP contribution in [0.5, 0.6) is 0 Å². The molecule has 1 aliphatic heterocycles. The van der Waals surface area contributed by atoms with Gasteiger partial charge in [0.1, 0.15) is 12.2 Å². The number of carbonyl (C=O) groups is 2. The number of ether oxygens (including phenoxy) is 2. The molecule has 2 rings (SSSR count). The van der Waals surface area contributed by atoms with Gasteiger partial charge in [-0.15, -0.1) is 0 Å². The number of nitrogens with one attached hydrogen (secondary N) is 1. The second-order valence-corrected chi connectivity index (χ2v) is 8.51. The Bertz CT molecular complexity index is 675. The van der Waals surface area contributed by atoms with E-state index in [2.05, 4.69) is 5.32 Å². The van der Waals surface area contributed by atoms with Gasteiger partial charge in [0.05, 0.1) is 6.10 Å². The van der Waals surface area contributed by atoms with Crippen LogP contribution in [0.3, 0.4) is 0 Å². The largest absolute Gasteiger partial charge is 0.444 e. The molecule has 1 aromatic rings. The molecule has 28 heavy (non-hydrogen) atoms. The van der Waals surface area contributed by atoms with Crippen molar-refractivity contribution in [2.45, 2.75) is 52.2 Å². The Morgan fingerprint density at radius 3 is 2.75 bits per heavy atom. The number of likely N-dealkylation sites (N-methyl/N-ethyl adjacent to an activating group) is 1. The van der Waals surface area contributed by atoms with E-state index in [4.69, 9.17) is 21.1 Å². The second-order valence-electron chi connectivity index (χ2n) is 8.07. The molecular formula is C21H31ClN2O4. The number of benzene rings is 1. The molecule has 0 spiro atoms. The number of halogens is 1. The zero-order chi connectivity index (χ0) is 20.7. The van der Waals surface area contributed by atoms with E-state index >= 15 is 0 Å². The normalized spacial score (nSPS) is 18.5. The third-order valence-electron chi connectivity index (χ3n) is 4.48. The number of hydrogen-bond donors (Lipinski definition) is 1. The van der Waals surface area contributed by atoms with Crippen LogP contribution in [0.2, 0.25) is 5.02 Å². The van der Waals surface area contributed by atoms with Crippen LogP contribution in [0.4, 0.5) is 4.79 Å². The van der Waals surface area contributed by atoms with Gasteiger partial charge in [-0.25, -0.2) is 4.79 Å². The van der Waals surface area contributed by atoms with Crippen LogP contribution in [-0.4, -0.2) is 48.7 Å². The first-order chi connectivity index (χ1) is 13.2. The van der Waals surface area contributed by atoms with Gasteiger partial charge in [-0.3, -0.25) is 4.79 Å². The molecule has 1 aliphatic rings. The topological polar surface area (TPSA) is 67.9 Å². The summed E-state index contributed by atoms with van der Waals surface area (Å²) < 4.78 is 11.5. The highest BCUT2D eigenvalue weighted by Gasteiger charge is 2.33. The molecule has 1 heterocycles. The van der Waals surface area contributed by atoms with Crippen molar-refractivity contribution in [3.05, 3.63) is 34.9 Å².